The van der Waals surface area contributed by atoms with Gasteiger partial charge in [0.2, 0.25) is 5.16 Å². The van der Waals surface area contributed by atoms with Gasteiger partial charge in [0.15, 0.2) is 11.6 Å². The number of ether oxygens (including phenoxy) is 1. The summed E-state index contributed by atoms with van der Waals surface area (Å²) >= 11 is 14.0. The number of aromatic nitrogens is 3. The first-order valence-corrected chi connectivity index (χ1v) is 9.12. The smallest absolute Gasteiger partial charge is 0.211 e. The summed E-state index contributed by atoms with van der Waals surface area (Å²) in [4.78, 5) is 0. The Morgan fingerprint density at radius 3 is 2.48 bits per heavy atom. The molecule has 0 unspecified atom stereocenters. The van der Waals surface area contributed by atoms with Crippen molar-refractivity contribution in [1.82, 2.24) is 14.9 Å². The molecule has 0 saturated carbocycles. The van der Waals surface area contributed by atoms with Gasteiger partial charge in [-0.25, -0.2) is 0 Å². The highest BCUT2D eigenvalue weighted by Gasteiger charge is 2.12. The molecular weight excluding hydrogens is 355 g/mol. The minimum atomic E-state index is -0.00205. The summed E-state index contributed by atoms with van der Waals surface area (Å²) in [7, 11) is 0. The summed E-state index contributed by atoms with van der Waals surface area (Å²) in [6.45, 7) is 5.85. The van der Waals surface area contributed by atoms with Crippen LogP contribution in [0.25, 0.3) is 0 Å². The van der Waals surface area contributed by atoms with E-state index in [0.717, 1.165) is 23.0 Å². The van der Waals surface area contributed by atoms with Crippen molar-refractivity contribution in [2.24, 2.45) is 5.10 Å². The molecule has 0 bridgehead atoms. The highest BCUT2D eigenvalue weighted by Crippen LogP contribution is 2.34. The van der Waals surface area contributed by atoms with Crippen LogP contribution in [0.5, 0.6) is 5.75 Å². The summed E-state index contributed by atoms with van der Waals surface area (Å²) in [5, 5.41) is 14.3. The Kier molecular flexibility index (Phi) is 6.33. The molecule has 1 aromatic carbocycles. The summed E-state index contributed by atoms with van der Waals surface area (Å²) in [5.41, 5.74) is 0.777. The van der Waals surface area contributed by atoms with Crippen LogP contribution in [0.3, 0.4) is 0 Å². The molecule has 0 amide bonds. The molecule has 0 saturated heterocycles. The molecule has 0 radical (unpaired) electrons. The van der Waals surface area contributed by atoms with Crippen LogP contribution in [0.1, 0.15) is 32.2 Å². The quantitative estimate of drug-likeness (QED) is 0.551. The zero-order valence-corrected chi connectivity index (χ0v) is 15.7. The van der Waals surface area contributed by atoms with Crippen LogP contribution >= 0.6 is 35.0 Å². The molecule has 1 aromatic heterocycles. The monoisotopic (exact) mass is 372 g/mol. The molecule has 0 atom stereocenters. The molecule has 2 aromatic rings. The molecule has 1 heterocycles. The Balaban J connectivity index is 2.32. The number of hydrogen-bond donors (Lipinski definition) is 0. The maximum Gasteiger partial charge on any atom is 0.211 e. The number of aryl methyl sites for hydroxylation is 1. The predicted molar refractivity (Wildman–Crippen MR) is 96.4 cm³/mol. The lowest BCUT2D eigenvalue weighted by atomic mass is 10.2. The maximum absolute atomic E-state index is 6.25. The van der Waals surface area contributed by atoms with E-state index in [0.29, 0.717) is 15.8 Å². The lowest BCUT2D eigenvalue weighted by Gasteiger charge is -2.13. The van der Waals surface area contributed by atoms with Gasteiger partial charge in [-0.3, -0.25) is 0 Å². The fourth-order valence-electron chi connectivity index (χ4n) is 1.89. The number of hydrogen-bond acceptors (Lipinski definition) is 5. The van der Waals surface area contributed by atoms with Gasteiger partial charge < -0.3 is 4.74 Å². The van der Waals surface area contributed by atoms with E-state index in [9.17, 15) is 0 Å². The van der Waals surface area contributed by atoms with E-state index in [1.54, 1.807) is 23.0 Å². The number of nitrogens with zero attached hydrogens (tertiary/aromatic N) is 4. The van der Waals surface area contributed by atoms with E-state index >= 15 is 0 Å². The van der Waals surface area contributed by atoms with Crippen LogP contribution in [0.15, 0.2) is 22.4 Å². The van der Waals surface area contributed by atoms with Crippen molar-refractivity contribution in [3.05, 3.63) is 33.6 Å². The zero-order chi connectivity index (χ0) is 17.0. The van der Waals surface area contributed by atoms with Gasteiger partial charge >= 0.3 is 0 Å². The minimum absolute atomic E-state index is 0.00205. The largest absolute Gasteiger partial charge is 0.488 e. The average molecular weight is 373 g/mol. The van der Waals surface area contributed by atoms with Crippen LogP contribution in [-0.2, 0) is 6.42 Å². The number of benzene rings is 1. The lowest BCUT2D eigenvalue weighted by molar-refractivity contribution is 0.243. The standard InChI is InChI=1S/C15H18Cl2N4OS/c1-5-13-19-20-15(23-4)21(13)18-8-10-6-11(16)14(12(17)7-10)22-9(2)3/h6-9H,5H2,1-4H3/b18-8-. The molecule has 0 aliphatic carbocycles. The van der Waals surface area contributed by atoms with Gasteiger partial charge in [-0.2, -0.15) is 9.78 Å². The average Bonchev–Trinajstić information content (AvgIpc) is 2.90. The Labute approximate surface area is 150 Å². The van der Waals surface area contributed by atoms with Crippen molar-refractivity contribution in [3.8, 4) is 5.75 Å². The summed E-state index contributed by atoms with van der Waals surface area (Å²) in [6, 6.07) is 3.53. The van der Waals surface area contributed by atoms with Crippen LogP contribution in [0.4, 0.5) is 0 Å². The maximum atomic E-state index is 6.25. The van der Waals surface area contributed by atoms with Crippen LogP contribution in [-0.4, -0.2) is 33.4 Å². The second-order valence-corrected chi connectivity index (χ2v) is 6.58. The fraction of sp³-hybridized carbons (Fsp3) is 0.400. The van der Waals surface area contributed by atoms with Crippen molar-refractivity contribution in [2.75, 3.05) is 6.26 Å². The Morgan fingerprint density at radius 1 is 1.30 bits per heavy atom. The van der Waals surface area contributed by atoms with E-state index in [2.05, 4.69) is 15.3 Å². The van der Waals surface area contributed by atoms with Gasteiger partial charge in [-0.1, -0.05) is 41.9 Å². The van der Waals surface area contributed by atoms with Gasteiger partial charge in [-0.15, -0.1) is 10.2 Å². The molecule has 0 spiro atoms. The third-order valence-electron chi connectivity index (χ3n) is 2.87. The van der Waals surface area contributed by atoms with Crippen LogP contribution in [0, 0.1) is 0 Å². The first kappa shape index (κ1) is 18.1. The van der Waals surface area contributed by atoms with E-state index < -0.39 is 0 Å². The van der Waals surface area contributed by atoms with Gasteiger partial charge in [0.05, 0.1) is 22.4 Å². The van der Waals surface area contributed by atoms with Crippen LogP contribution < -0.4 is 4.74 Å². The second kappa shape index (κ2) is 8.04. The van der Waals surface area contributed by atoms with Gasteiger partial charge in [0.25, 0.3) is 0 Å². The number of halogens is 2. The topological polar surface area (TPSA) is 52.3 Å². The fourth-order valence-corrected chi connectivity index (χ4v) is 2.93. The second-order valence-electron chi connectivity index (χ2n) is 4.99. The normalized spacial score (nSPS) is 11.6. The van der Waals surface area contributed by atoms with Crippen molar-refractivity contribution in [3.63, 3.8) is 0 Å². The Morgan fingerprint density at radius 2 is 1.96 bits per heavy atom. The zero-order valence-electron chi connectivity index (χ0n) is 13.4. The van der Waals surface area contributed by atoms with E-state index in [1.807, 2.05) is 27.0 Å². The van der Waals surface area contributed by atoms with Gasteiger partial charge in [0, 0.05) is 6.42 Å². The molecule has 8 heteroatoms. The van der Waals surface area contributed by atoms with Crippen LogP contribution in [0.2, 0.25) is 10.0 Å². The molecule has 0 aliphatic heterocycles. The Bertz CT molecular complexity index is 671. The van der Waals surface area contributed by atoms with Crippen molar-refractivity contribution in [1.29, 1.82) is 0 Å². The third kappa shape index (κ3) is 4.40. The highest BCUT2D eigenvalue weighted by atomic mass is 35.5. The SMILES string of the molecule is CCc1nnc(SC)n1/N=C\c1cc(Cl)c(OC(C)C)c(Cl)c1. The molecular formula is C15H18Cl2N4OS. The van der Waals surface area contributed by atoms with E-state index in [1.165, 1.54) is 11.8 Å². The molecule has 0 N–H and O–H groups in total. The predicted octanol–water partition coefficient (Wildman–Crippen LogP) is 4.54. The first-order chi connectivity index (χ1) is 11.0. The van der Waals surface area contributed by atoms with Crippen molar-refractivity contribution in [2.45, 2.75) is 38.5 Å². The van der Waals surface area contributed by atoms with Gasteiger partial charge in [0.1, 0.15) is 0 Å². The molecule has 124 valence electrons. The molecule has 0 aliphatic rings. The highest BCUT2D eigenvalue weighted by molar-refractivity contribution is 7.98. The Hall–Kier alpha value is -1.24. The third-order valence-corrected chi connectivity index (χ3v) is 4.05. The summed E-state index contributed by atoms with van der Waals surface area (Å²) < 4.78 is 7.33. The summed E-state index contributed by atoms with van der Waals surface area (Å²) in [5.74, 6) is 1.28. The minimum Gasteiger partial charge on any atom is -0.488 e. The lowest BCUT2D eigenvalue weighted by Crippen LogP contribution is -2.06. The molecule has 2 rings (SSSR count). The number of rotatable bonds is 6. The molecule has 5 nitrogen and oxygen atoms in total. The van der Waals surface area contributed by atoms with Crippen molar-refractivity contribution < 1.29 is 4.74 Å². The molecule has 0 fully saturated rings. The summed E-state index contributed by atoms with van der Waals surface area (Å²) in [6.07, 6.45) is 4.35. The van der Waals surface area contributed by atoms with E-state index in [-0.39, 0.29) is 6.10 Å². The van der Waals surface area contributed by atoms with Gasteiger partial charge in [-0.05, 0) is 37.8 Å². The van der Waals surface area contributed by atoms with E-state index in [4.69, 9.17) is 27.9 Å². The number of thioether (sulfide) groups is 1. The first-order valence-electron chi connectivity index (χ1n) is 7.14. The van der Waals surface area contributed by atoms with Crippen molar-refractivity contribution >= 4 is 41.2 Å². The molecule has 23 heavy (non-hydrogen) atoms.